The lowest BCUT2D eigenvalue weighted by molar-refractivity contribution is 0.559. The summed E-state index contributed by atoms with van der Waals surface area (Å²) in [5, 5.41) is 3.39. The Morgan fingerprint density at radius 1 is 1.60 bits per heavy atom. The molecule has 0 unspecified atom stereocenters. The van der Waals surface area contributed by atoms with Gasteiger partial charge in [-0.25, -0.2) is 0 Å². The summed E-state index contributed by atoms with van der Waals surface area (Å²) < 4.78 is 0. The van der Waals surface area contributed by atoms with Gasteiger partial charge in [-0.05, 0) is 27.2 Å². The Bertz CT molecular complexity index is 105. The second-order valence-corrected chi connectivity index (χ2v) is 2.81. The first-order valence-corrected chi connectivity index (χ1v) is 4.10. The normalized spacial score (nSPS) is 15.0. The average molecular weight is 141 g/mol. The lowest BCUT2D eigenvalue weighted by Crippen LogP contribution is -2.23. The molecule has 0 rings (SSSR count). The largest absolute Gasteiger partial charge is 0.386 e. The molecule has 0 aromatic heterocycles. The van der Waals surface area contributed by atoms with Gasteiger partial charge in [0.25, 0.3) is 0 Å². The SMILES string of the molecule is C/C=C(\C)N[C@H](C)CCC. The molecule has 0 aromatic carbocycles. The van der Waals surface area contributed by atoms with Crippen molar-refractivity contribution < 1.29 is 0 Å². The van der Waals surface area contributed by atoms with E-state index in [4.69, 9.17) is 0 Å². The quantitative estimate of drug-likeness (QED) is 0.634. The van der Waals surface area contributed by atoms with E-state index in [-0.39, 0.29) is 0 Å². The Kier molecular flexibility index (Phi) is 5.09. The third-order valence-electron chi connectivity index (χ3n) is 1.63. The van der Waals surface area contributed by atoms with Crippen LogP contribution in [0.1, 0.15) is 40.5 Å². The third kappa shape index (κ3) is 4.42. The molecule has 0 fully saturated rings. The maximum absolute atomic E-state index is 3.39. The molecule has 0 aliphatic rings. The molecule has 0 aromatic rings. The van der Waals surface area contributed by atoms with Gasteiger partial charge in [-0.1, -0.05) is 19.4 Å². The lowest BCUT2D eigenvalue weighted by Gasteiger charge is -2.13. The van der Waals surface area contributed by atoms with Gasteiger partial charge < -0.3 is 5.32 Å². The van der Waals surface area contributed by atoms with Crippen molar-refractivity contribution in [1.82, 2.24) is 5.32 Å². The second-order valence-electron chi connectivity index (χ2n) is 2.81. The van der Waals surface area contributed by atoms with Gasteiger partial charge in [0.05, 0.1) is 0 Å². The van der Waals surface area contributed by atoms with Gasteiger partial charge in [-0.2, -0.15) is 0 Å². The molecular formula is C9H19N. The maximum Gasteiger partial charge on any atom is 0.0229 e. The fraction of sp³-hybridized carbons (Fsp3) is 0.778. The van der Waals surface area contributed by atoms with Crippen molar-refractivity contribution in [2.75, 3.05) is 0 Å². The smallest absolute Gasteiger partial charge is 0.0229 e. The number of hydrogen-bond acceptors (Lipinski definition) is 1. The highest BCUT2D eigenvalue weighted by Gasteiger charge is 1.96. The molecule has 0 bridgehead atoms. The van der Waals surface area contributed by atoms with Gasteiger partial charge in [-0.15, -0.1) is 0 Å². The van der Waals surface area contributed by atoms with E-state index < -0.39 is 0 Å². The Balaban J connectivity index is 3.47. The van der Waals surface area contributed by atoms with Crippen LogP contribution in [0, 0.1) is 0 Å². The molecule has 1 heteroatoms. The van der Waals surface area contributed by atoms with Gasteiger partial charge in [-0.3, -0.25) is 0 Å². The molecule has 1 N–H and O–H groups in total. The topological polar surface area (TPSA) is 12.0 Å². The highest BCUT2D eigenvalue weighted by atomic mass is 14.9. The van der Waals surface area contributed by atoms with Crippen molar-refractivity contribution in [3.05, 3.63) is 11.8 Å². The van der Waals surface area contributed by atoms with E-state index in [1.807, 2.05) is 0 Å². The van der Waals surface area contributed by atoms with Crippen LogP contribution in [-0.4, -0.2) is 6.04 Å². The van der Waals surface area contributed by atoms with Gasteiger partial charge in [0, 0.05) is 11.7 Å². The number of rotatable bonds is 4. The van der Waals surface area contributed by atoms with Crippen LogP contribution < -0.4 is 5.32 Å². The van der Waals surface area contributed by atoms with Crippen molar-refractivity contribution in [3.8, 4) is 0 Å². The molecule has 0 amide bonds. The molecule has 1 nitrogen and oxygen atoms in total. The summed E-state index contributed by atoms with van der Waals surface area (Å²) in [5.74, 6) is 0. The van der Waals surface area contributed by atoms with Crippen molar-refractivity contribution >= 4 is 0 Å². The molecule has 60 valence electrons. The first-order chi connectivity index (χ1) is 4.70. The van der Waals surface area contributed by atoms with Gasteiger partial charge in [0.2, 0.25) is 0 Å². The van der Waals surface area contributed by atoms with E-state index >= 15 is 0 Å². The zero-order chi connectivity index (χ0) is 7.98. The van der Waals surface area contributed by atoms with Crippen LogP contribution >= 0.6 is 0 Å². The average Bonchev–Trinajstić information content (AvgIpc) is 1.88. The molecular weight excluding hydrogens is 122 g/mol. The zero-order valence-corrected chi connectivity index (χ0v) is 7.57. The van der Waals surface area contributed by atoms with E-state index in [9.17, 15) is 0 Å². The van der Waals surface area contributed by atoms with Crippen LogP contribution in [0.2, 0.25) is 0 Å². The molecule has 10 heavy (non-hydrogen) atoms. The van der Waals surface area contributed by atoms with Crippen LogP contribution in [0.25, 0.3) is 0 Å². The molecule has 0 spiro atoms. The molecule has 1 atom stereocenters. The molecule has 0 aliphatic carbocycles. The zero-order valence-electron chi connectivity index (χ0n) is 7.57. The van der Waals surface area contributed by atoms with E-state index in [1.54, 1.807) is 0 Å². The summed E-state index contributed by atoms with van der Waals surface area (Å²) in [7, 11) is 0. The molecule has 0 saturated heterocycles. The standard InChI is InChI=1S/C9H19N/c1-5-7-9(4)10-8(3)6-2/h6,9-10H,5,7H2,1-4H3/b8-6+/t9-/m1/s1. The summed E-state index contributed by atoms with van der Waals surface area (Å²) >= 11 is 0. The van der Waals surface area contributed by atoms with E-state index in [0.29, 0.717) is 6.04 Å². The highest BCUT2D eigenvalue weighted by molar-refractivity contribution is 4.93. The first-order valence-electron chi connectivity index (χ1n) is 4.10. The van der Waals surface area contributed by atoms with Crippen molar-refractivity contribution in [3.63, 3.8) is 0 Å². The fourth-order valence-corrected chi connectivity index (χ4v) is 0.977. The van der Waals surface area contributed by atoms with Crippen molar-refractivity contribution in [1.29, 1.82) is 0 Å². The van der Waals surface area contributed by atoms with Gasteiger partial charge in [0.1, 0.15) is 0 Å². The van der Waals surface area contributed by atoms with Crippen molar-refractivity contribution in [2.24, 2.45) is 0 Å². The number of hydrogen-bond donors (Lipinski definition) is 1. The predicted molar refractivity (Wildman–Crippen MR) is 46.9 cm³/mol. The van der Waals surface area contributed by atoms with E-state index in [2.05, 4.69) is 39.1 Å². The van der Waals surface area contributed by atoms with E-state index in [1.165, 1.54) is 18.5 Å². The Labute approximate surface area is 64.5 Å². The van der Waals surface area contributed by atoms with Gasteiger partial charge >= 0.3 is 0 Å². The van der Waals surface area contributed by atoms with Gasteiger partial charge in [0.15, 0.2) is 0 Å². The minimum Gasteiger partial charge on any atom is -0.386 e. The summed E-state index contributed by atoms with van der Waals surface area (Å²) in [6.45, 7) is 8.59. The lowest BCUT2D eigenvalue weighted by atomic mass is 10.2. The number of nitrogens with one attached hydrogen (secondary N) is 1. The van der Waals surface area contributed by atoms with Crippen molar-refractivity contribution in [2.45, 2.75) is 46.6 Å². The fourth-order valence-electron chi connectivity index (χ4n) is 0.977. The third-order valence-corrected chi connectivity index (χ3v) is 1.63. The van der Waals surface area contributed by atoms with Crippen LogP contribution in [0.3, 0.4) is 0 Å². The van der Waals surface area contributed by atoms with E-state index in [0.717, 1.165) is 0 Å². The summed E-state index contributed by atoms with van der Waals surface area (Å²) in [6, 6.07) is 0.626. The molecule has 0 saturated carbocycles. The summed E-state index contributed by atoms with van der Waals surface area (Å²) in [5.41, 5.74) is 1.28. The number of allylic oxidation sites excluding steroid dienone is 2. The summed E-state index contributed by atoms with van der Waals surface area (Å²) in [4.78, 5) is 0. The molecule has 0 aliphatic heterocycles. The van der Waals surface area contributed by atoms with Crippen LogP contribution in [-0.2, 0) is 0 Å². The Morgan fingerprint density at radius 2 is 2.20 bits per heavy atom. The Morgan fingerprint density at radius 3 is 2.60 bits per heavy atom. The highest BCUT2D eigenvalue weighted by Crippen LogP contribution is 1.97. The Hall–Kier alpha value is -0.460. The predicted octanol–water partition coefficient (Wildman–Crippen LogP) is 2.69. The molecule has 0 heterocycles. The maximum atomic E-state index is 3.39. The first kappa shape index (κ1) is 9.54. The molecule has 0 radical (unpaired) electrons. The minimum absolute atomic E-state index is 0.626. The monoisotopic (exact) mass is 141 g/mol. The van der Waals surface area contributed by atoms with Crippen LogP contribution in [0.4, 0.5) is 0 Å². The van der Waals surface area contributed by atoms with Crippen LogP contribution in [0.5, 0.6) is 0 Å². The minimum atomic E-state index is 0.626. The summed E-state index contributed by atoms with van der Waals surface area (Å²) in [6.07, 6.45) is 4.61. The van der Waals surface area contributed by atoms with Crippen LogP contribution in [0.15, 0.2) is 11.8 Å². The second kappa shape index (κ2) is 5.33.